The number of nitrogens with zero attached hydrogens (tertiary/aromatic N) is 4. The average Bonchev–Trinajstić information content (AvgIpc) is 2.76. The number of piperidine rings is 1. The molecule has 0 aromatic carbocycles. The molecule has 0 spiro atoms. The largest absolute Gasteiger partial charge is 0.342 e. The summed E-state index contributed by atoms with van der Waals surface area (Å²) in [5, 5.41) is 3.18. The molecule has 2 aromatic heterocycles. The van der Waals surface area contributed by atoms with Crippen LogP contribution in [0.5, 0.6) is 0 Å². The lowest BCUT2D eigenvalue weighted by Gasteiger charge is -2.35. The highest BCUT2D eigenvalue weighted by molar-refractivity contribution is 5.79. The van der Waals surface area contributed by atoms with Crippen LogP contribution in [0.3, 0.4) is 0 Å². The number of carbonyl (C=O) groups excluding carboxylic acids is 1. The van der Waals surface area contributed by atoms with Crippen molar-refractivity contribution in [2.24, 2.45) is 5.92 Å². The molecular formula is C22H29N5O. The molecule has 1 aliphatic heterocycles. The molecule has 2 aromatic rings. The van der Waals surface area contributed by atoms with Crippen LogP contribution in [0.4, 0.5) is 11.8 Å². The Bertz CT molecular complexity index is 801. The lowest BCUT2D eigenvalue weighted by molar-refractivity contribution is -0.137. The van der Waals surface area contributed by atoms with E-state index in [1.165, 1.54) is 19.3 Å². The molecule has 1 saturated heterocycles. The Morgan fingerprint density at radius 3 is 2.71 bits per heavy atom. The van der Waals surface area contributed by atoms with E-state index < -0.39 is 0 Å². The van der Waals surface area contributed by atoms with Crippen LogP contribution in [0, 0.1) is 12.8 Å². The summed E-state index contributed by atoms with van der Waals surface area (Å²) in [5.41, 5.74) is 2.12. The van der Waals surface area contributed by atoms with Gasteiger partial charge in [-0.2, -0.15) is 0 Å². The summed E-state index contributed by atoms with van der Waals surface area (Å²) in [4.78, 5) is 28.4. The van der Waals surface area contributed by atoms with Crippen molar-refractivity contribution in [3.8, 4) is 0 Å². The smallest absolute Gasteiger partial charge is 0.228 e. The predicted molar refractivity (Wildman–Crippen MR) is 109 cm³/mol. The van der Waals surface area contributed by atoms with E-state index in [1.807, 2.05) is 31.3 Å². The van der Waals surface area contributed by atoms with Crippen molar-refractivity contribution in [2.45, 2.75) is 57.8 Å². The Hall–Kier alpha value is -2.50. The number of rotatable bonds is 4. The summed E-state index contributed by atoms with van der Waals surface area (Å²) in [6.45, 7) is 3.67. The fraction of sp³-hybridized carbons (Fsp3) is 0.545. The van der Waals surface area contributed by atoms with Gasteiger partial charge in [-0.15, -0.1) is 0 Å². The van der Waals surface area contributed by atoms with Crippen molar-refractivity contribution in [3.63, 3.8) is 0 Å². The van der Waals surface area contributed by atoms with Crippen LogP contribution in [0.25, 0.3) is 0 Å². The molecule has 0 bridgehead atoms. The molecule has 6 nitrogen and oxygen atoms in total. The Morgan fingerprint density at radius 2 is 1.93 bits per heavy atom. The number of aryl methyl sites for hydroxylation is 1. The third-order valence-corrected chi connectivity index (χ3v) is 5.93. The van der Waals surface area contributed by atoms with E-state index >= 15 is 0 Å². The number of amides is 1. The van der Waals surface area contributed by atoms with Gasteiger partial charge in [0.25, 0.3) is 0 Å². The maximum absolute atomic E-state index is 12.9. The van der Waals surface area contributed by atoms with Crippen molar-refractivity contribution >= 4 is 17.7 Å². The first-order valence-corrected chi connectivity index (χ1v) is 10.5. The van der Waals surface area contributed by atoms with Crippen LogP contribution in [-0.2, 0) is 4.79 Å². The van der Waals surface area contributed by atoms with E-state index in [4.69, 9.17) is 4.98 Å². The standard InChI is InChI=1S/C22H29N5O/c1-16-9-10-20(24-14-16)26-22-23-12-11-19(25-22)18-8-5-13-27(15-18)21(28)17-6-3-2-4-7-17/h9-12,14,17-18H,2-8,13,15H2,1H3,(H,23,24,25,26). The van der Waals surface area contributed by atoms with Crippen LogP contribution in [0.2, 0.25) is 0 Å². The number of hydrogen-bond donors (Lipinski definition) is 1. The lowest BCUT2D eigenvalue weighted by atomic mass is 9.87. The summed E-state index contributed by atoms with van der Waals surface area (Å²) >= 11 is 0. The average molecular weight is 380 g/mol. The monoisotopic (exact) mass is 379 g/mol. The first-order valence-electron chi connectivity index (χ1n) is 10.5. The quantitative estimate of drug-likeness (QED) is 0.862. The lowest BCUT2D eigenvalue weighted by Crippen LogP contribution is -2.43. The van der Waals surface area contributed by atoms with Crippen molar-refractivity contribution in [1.29, 1.82) is 0 Å². The van der Waals surface area contributed by atoms with Gasteiger partial charge in [-0.25, -0.2) is 15.0 Å². The molecule has 4 rings (SSSR count). The second kappa shape index (κ2) is 8.67. The van der Waals surface area contributed by atoms with E-state index in [9.17, 15) is 4.79 Å². The summed E-state index contributed by atoms with van der Waals surface area (Å²) in [6.07, 6.45) is 11.5. The van der Waals surface area contributed by atoms with E-state index in [-0.39, 0.29) is 11.8 Å². The molecular weight excluding hydrogens is 350 g/mol. The van der Waals surface area contributed by atoms with Gasteiger partial charge in [0, 0.05) is 37.3 Å². The minimum atomic E-state index is 0.239. The van der Waals surface area contributed by atoms with Gasteiger partial charge >= 0.3 is 0 Å². The number of likely N-dealkylation sites (tertiary alicyclic amines) is 1. The number of carbonyl (C=O) groups is 1. The highest BCUT2D eigenvalue weighted by atomic mass is 16.2. The van der Waals surface area contributed by atoms with Gasteiger partial charge in [0.2, 0.25) is 11.9 Å². The van der Waals surface area contributed by atoms with Crippen molar-refractivity contribution in [1.82, 2.24) is 19.9 Å². The third-order valence-electron chi connectivity index (χ3n) is 5.93. The molecule has 2 fully saturated rings. The zero-order valence-corrected chi connectivity index (χ0v) is 16.6. The normalized spacial score (nSPS) is 20.8. The van der Waals surface area contributed by atoms with Crippen molar-refractivity contribution in [3.05, 3.63) is 41.9 Å². The number of nitrogens with one attached hydrogen (secondary N) is 1. The summed E-state index contributed by atoms with van der Waals surface area (Å²) < 4.78 is 0. The van der Waals surface area contributed by atoms with E-state index in [0.29, 0.717) is 11.9 Å². The van der Waals surface area contributed by atoms with Gasteiger partial charge in [0.15, 0.2) is 0 Å². The second-order valence-electron chi connectivity index (χ2n) is 8.11. The Labute approximate surface area is 166 Å². The molecule has 1 amide bonds. The van der Waals surface area contributed by atoms with Crippen molar-refractivity contribution in [2.75, 3.05) is 18.4 Å². The molecule has 1 aliphatic carbocycles. The second-order valence-corrected chi connectivity index (χ2v) is 8.11. The fourth-order valence-corrected chi connectivity index (χ4v) is 4.34. The minimum Gasteiger partial charge on any atom is -0.342 e. The van der Waals surface area contributed by atoms with E-state index in [2.05, 4.69) is 20.2 Å². The van der Waals surface area contributed by atoms with Gasteiger partial charge in [0.05, 0.1) is 5.69 Å². The van der Waals surface area contributed by atoms with Gasteiger partial charge in [-0.05, 0) is 50.3 Å². The molecule has 0 radical (unpaired) electrons. The Kier molecular flexibility index (Phi) is 5.84. The van der Waals surface area contributed by atoms with Gasteiger partial charge in [0.1, 0.15) is 5.82 Å². The van der Waals surface area contributed by atoms with Gasteiger partial charge < -0.3 is 10.2 Å². The number of hydrogen-bond acceptors (Lipinski definition) is 5. The molecule has 6 heteroatoms. The highest BCUT2D eigenvalue weighted by Gasteiger charge is 2.30. The maximum atomic E-state index is 12.9. The third kappa shape index (κ3) is 4.49. The SMILES string of the molecule is Cc1ccc(Nc2nccc(C3CCCN(C(=O)C4CCCCC4)C3)n2)nc1. The molecule has 1 atom stereocenters. The first kappa shape index (κ1) is 18.8. The molecule has 2 aliphatic rings. The molecule has 3 heterocycles. The fourth-order valence-electron chi connectivity index (χ4n) is 4.34. The molecule has 148 valence electrons. The zero-order valence-electron chi connectivity index (χ0n) is 16.6. The minimum absolute atomic E-state index is 0.239. The number of aromatic nitrogens is 3. The Balaban J connectivity index is 1.43. The summed E-state index contributed by atoms with van der Waals surface area (Å²) in [5.74, 6) is 2.17. The van der Waals surface area contributed by atoms with Gasteiger partial charge in [-0.1, -0.05) is 25.3 Å². The molecule has 1 unspecified atom stereocenters. The van der Waals surface area contributed by atoms with Crippen LogP contribution >= 0.6 is 0 Å². The molecule has 1 saturated carbocycles. The van der Waals surface area contributed by atoms with Gasteiger partial charge in [-0.3, -0.25) is 4.79 Å². The predicted octanol–water partition coefficient (Wildman–Crippen LogP) is 4.21. The first-order chi connectivity index (χ1) is 13.7. The number of anilines is 2. The highest BCUT2D eigenvalue weighted by Crippen LogP contribution is 2.30. The number of pyridine rings is 1. The Morgan fingerprint density at radius 1 is 1.07 bits per heavy atom. The van der Waals surface area contributed by atoms with Crippen LogP contribution in [0.15, 0.2) is 30.6 Å². The van der Waals surface area contributed by atoms with Crippen molar-refractivity contribution < 1.29 is 4.79 Å². The summed E-state index contributed by atoms with van der Waals surface area (Å²) in [7, 11) is 0. The maximum Gasteiger partial charge on any atom is 0.228 e. The van der Waals surface area contributed by atoms with Crippen LogP contribution < -0.4 is 5.32 Å². The van der Waals surface area contributed by atoms with E-state index in [0.717, 1.165) is 55.8 Å². The van der Waals surface area contributed by atoms with E-state index in [1.54, 1.807) is 6.20 Å². The molecule has 1 N–H and O–H groups in total. The summed E-state index contributed by atoms with van der Waals surface area (Å²) in [6, 6.07) is 5.92. The zero-order chi connectivity index (χ0) is 19.3. The van der Waals surface area contributed by atoms with Crippen LogP contribution in [0.1, 0.15) is 62.1 Å². The van der Waals surface area contributed by atoms with Crippen LogP contribution in [-0.4, -0.2) is 38.8 Å². The topological polar surface area (TPSA) is 71.0 Å². The molecule has 28 heavy (non-hydrogen) atoms.